The third kappa shape index (κ3) is 2.65. The summed E-state index contributed by atoms with van der Waals surface area (Å²) in [5.74, 6) is 0.200. The molecule has 5 heteroatoms. The molecule has 0 fully saturated rings. The Kier molecular flexibility index (Phi) is 3.58. The summed E-state index contributed by atoms with van der Waals surface area (Å²) in [4.78, 5) is 0. The van der Waals surface area contributed by atoms with Gasteiger partial charge in [-0.05, 0) is 30.3 Å². The molecule has 0 atom stereocenters. The minimum Gasteiger partial charge on any atom is -0.497 e. The predicted octanol–water partition coefficient (Wildman–Crippen LogP) is 3.81. The Morgan fingerprint density at radius 3 is 2.61 bits per heavy atom. The SMILES string of the molecule is COc1ccc(N)c(Nc2ccc(Cl)cc2F)c1. The molecule has 3 N–H and O–H groups in total. The first-order valence-electron chi connectivity index (χ1n) is 5.26. The first-order chi connectivity index (χ1) is 8.60. The molecule has 0 heterocycles. The molecule has 0 aromatic heterocycles. The van der Waals surface area contributed by atoms with Crippen molar-refractivity contribution in [2.24, 2.45) is 0 Å². The number of nitrogens with one attached hydrogen (secondary N) is 1. The zero-order valence-electron chi connectivity index (χ0n) is 9.71. The number of benzene rings is 2. The molecular weight excluding hydrogens is 255 g/mol. The van der Waals surface area contributed by atoms with Crippen molar-refractivity contribution in [3.05, 3.63) is 47.2 Å². The van der Waals surface area contributed by atoms with Crippen LogP contribution in [0.2, 0.25) is 5.02 Å². The molecule has 0 aliphatic rings. The average molecular weight is 267 g/mol. The molecular formula is C13H12ClFN2O. The van der Waals surface area contributed by atoms with Crippen LogP contribution in [0.15, 0.2) is 36.4 Å². The number of anilines is 3. The highest BCUT2D eigenvalue weighted by Crippen LogP contribution is 2.29. The predicted molar refractivity (Wildman–Crippen MR) is 72.1 cm³/mol. The Bertz CT molecular complexity index is 575. The molecule has 0 bridgehead atoms. The van der Waals surface area contributed by atoms with Crippen LogP contribution >= 0.6 is 11.6 Å². The van der Waals surface area contributed by atoms with E-state index >= 15 is 0 Å². The lowest BCUT2D eigenvalue weighted by Crippen LogP contribution is -1.98. The highest BCUT2D eigenvalue weighted by Gasteiger charge is 2.06. The molecule has 0 aliphatic heterocycles. The summed E-state index contributed by atoms with van der Waals surface area (Å²) >= 11 is 5.69. The van der Waals surface area contributed by atoms with Crippen molar-refractivity contribution in [2.45, 2.75) is 0 Å². The monoisotopic (exact) mass is 266 g/mol. The number of methoxy groups -OCH3 is 1. The second-order valence-corrected chi connectivity index (χ2v) is 4.14. The van der Waals surface area contributed by atoms with E-state index in [1.165, 1.54) is 6.07 Å². The molecule has 2 rings (SSSR count). The van der Waals surface area contributed by atoms with Gasteiger partial charge in [0.15, 0.2) is 0 Å². The van der Waals surface area contributed by atoms with E-state index in [2.05, 4.69) is 5.32 Å². The minimum absolute atomic E-state index is 0.305. The van der Waals surface area contributed by atoms with Gasteiger partial charge in [0.1, 0.15) is 11.6 Å². The van der Waals surface area contributed by atoms with E-state index in [0.717, 1.165) is 0 Å². The maximum atomic E-state index is 13.6. The Labute approximate surface area is 109 Å². The van der Waals surface area contributed by atoms with Crippen LogP contribution in [0.4, 0.5) is 21.5 Å². The third-order valence-electron chi connectivity index (χ3n) is 2.46. The molecule has 0 saturated heterocycles. The highest BCUT2D eigenvalue weighted by atomic mass is 35.5. The zero-order valence-corrected chi connectivity index (χ0v) is 10.5. The van der Waals surface area contributed by atoms with Gasteiger partial charge in [-0.3, -0.25) is 0 Å². The Morgan fingerprint density at radius 2 is 1.94 bits per heavy atom. The van der Waals surface area contributed by atoms with Gasteiger partial charge in [-0.1, -0.05) is 11.6 Å². The van der Waals surface area contributed by atoms with E-state index in [4.69, 9.17) is 22.1 Å². The van der Waals surface area contributed by atoms with Crippen molar-refractivity contribution in [1.82, 2.24) is 0 Å². The van der Waals surface area contributed by atoms with Crippen LogP contribution in [0.5, 0.6) is 5.75 Å². The van der Waals surface area contributed by atoms with Crippen molar-refractivity contribution < 1.29 is 9.13 Å². The Balaban J connectivity index is 2.33. The Hall–Kier alpha value is -1.94. The van der Waals surface area contributed by atoms with Gasteiger partial charge < -0.3 is 15.8 Å². The molecule has 0 radical (unpaired) electrons. The van der Waals surface area contributed by atoms with Gasteiger partial charge in [0.05, 0.1) is 24.2 Å². The fraction of sp³-hybridized carbons (Fsp3) is 0.0769. The molecule has 0 aliphatic carbocycles. The minimum atomic E-state index is -0.440. The fourth-order valence-electron chi connectivity index (χ4n) is 1.51. The summed E-state index contributed by atoms with van der Waals surface area (Å²) in [5, 5.41) is 3.25. The van der Waals surface area contributed by atoms with E-state index < -0.39 is 5.82 Å². The normalized spacial score (nSPS) is 10.2. The summed E-state index contributed by atoms with van der Waals surface area (Å²) in [6, 6.07) is 9.51. The van der Waals surface area contributed by atoms with E-state index in [0.29, 0.717) is 27.8 Å². The second-order valence-electron chi connectivity index (χ2n) is 3.70. The summed E-state index contributed by atoms with van der Waals surface area (Å²) in [6.45, 7) is 0. The van der Waals surface area contributed by atoms with Crippen LogP contribution in [0, 0.1) is 5.82 Å². The van der Waals surface area contributed by atoms with E-state index in [1.54, 1.807) is 37.4 Å². The summed E-state index contributed by atoms with van der Waals surface area (Å²) in [5.41, 5.74) is 7.19. The lowest BCUT2D eigenvalue weighted by Gasteiger charge is -2.11. The number of halogens is 2. The summed E-state index contributed by atoms with van der Waals surface area (Å²) in [7, 11) is 1.55. The maximum Gasteiger partial charge on any atom is 0.148 e. The van der Waals surface area contributed by atoms with Crippen LogP contribution in [-0.2, 0) is 0 Å². The topological polar surface area (TPSA) is 47.3 Å². The van der Waals surface area contributed by atoms with Crippen LogP contribution in [0.1, 0.15) is 0 Å². The fourth-order valence-corrected chi connectivity index (χ4v) is 1.67. The number of ether oxygens (including phenoxy) is 1. The van der Waals surface area contributed by atoms with Crippen LogP contribution in [-0.4, -0.2) is 7.11 Å². The zero-order chi connectivity index (χ0) is 13.1. The van der Waals surface area contributed by atoms with Gasteiger partial charge in [-0.25, -0.2) is 4.39 Å². The second kappa shape index (κ2) is 5.14. The number of nitrogen functional groups attached to an aromatic ring is 1. The van der Waals surface area contributed by atoms with Crippen molar-refractivity contribution >= 4 is 28.7 Å². The molecule has 94 valence electrons. The van der Waals surface area contributed by atoms with Gasteiger partial charge in [0.2, 0.25) is 0 Å². The number of rotatable bonds is 3. The molecule has 0 saturated carbocycles. The van der Waals surface area contributed by atoms with Gasteiger partial charge in [-0.2, -0.15) is 0 Å². The maximum absolute atomic E-state index is 13.6. The summed E-state index contributed by atoms with van der Waals surface area (Å²) in [6.07, 6.45) is 0. The molecule has 18 heavy (non-hydrogen) atoms. The van der Waals surface area contributed by atoms with E-state index in [1.807, 2.05) is 0 Å². The number of hydrogen-bond acceptors (Lipinski definition) is 3. The van der Waals surface area contributed by atoms with Crippen molar-refractivity contribution in [2.75, 3.05) is 18.2 Å². The molecule has 3 nitrogen and oxygen atoms in total. The van der Waals surface area contributed by atoms with E-state index in [9.17, 15) is 4.39 Å². The quantitative estimate of drug-likeness (QED) is 0.831. The molecule has 2 aromatic carbocycles. The van der Waals surface area contributed by atoms with Crippen LogP contribution in [0.3, 0.4) is 0 Å². The standard InChI is InChI=1S/C13H12ClFN2O/c1-18-9-3-4-11(16)13(7-9)17-12-5-2-8(14)6-10(12)15/h2-7,17H,16H2,1H3. The molecule has 0 amide bonds. The third-order valence-corrected chi connectivity index (χ3v) is 2.70. The van der Waals surface area contributed by atoms with Gasteiger partial charge in [0.25, 0.3) is 0 Å². The largest absolute Gasteiger partial charge is 0.497 e. The first kappa shape index (κ1) is 12.5. The average Bonchev–Trinajstić information content (AvgIpc) is 2.35. The van der Waals surface area contributed by atoms with Crippen molar-refractivity contribution in [3.8, 4) is 5.75 Å². The number of hydrogen-bond donors (Lipinski definition) is 2. The lowest BCUT2D eigenvalue weighted by atomic mass is 10.2. The highest BCUT2D eigenvalue weighted by molar-refractivity contribution is 6.30. The van der Waals surface area contributed by atoms with Crippen molar-refractivity contribution in [1.29, 1.82) is 0 Å². The lowest BCUT2D eigenvalue weighted by molar-refractivity contribution is 0.415. The van der Waals surface area contributed by atoms with E-state index in [-0.39, 0.29) is 0 Å². The van der Waals surface area contributed by atoms with Gasteiger partial charge in [0, 0.05) is 11.1 Å². The smallest absolute Gasteiger partial charge is 0.148 e. The van der Waals surface area contributed by atoms with Gasteiger partial charge >= 0.3 is 0 Å². The van der Waals surface area contributed by atoms with Crippen LogP contribution in [0.25, 0.3) is 0 Å². The molecule has 0 spiro atoms. The van der Waals surface area contributed by atoms with Crippen molar-refractivity contribution in [3.63, 3.8) is 0 Å². The van der Waals surface area contributed by atoms with Gasteiger partial charge in [-0.15, -0.1) is 0 Å². The number of nitrogens with two attached hydrogens (primary N) is 1. The molecule has 2 aromatic rings. The summed E-state index contributed by atoms with van der Waals surface area (Å²) < 4.78 is 18.7. The first-order valence-corrected chi connectivity index (χ1v) is 5.63. The molecule has 0 unspecified atom stereocenters. The Morgan fingerprint density at radius 1 is 1.17 bits per heavy atom. The van der Waals surface area contributed by atoms with Crippen LogP contribution < -0.4 is 15.8 Å².